The fourth-order valence-corrected chi connectivity index (χ4v) is 2.74. The van der Waals surface area contributed by atoms with Gasteiger partial charge in [0.25, 0.3) is 5.69 Å². The molecule has 0 atom stereocenters. The molecule has 0 radical (unpaired) electrons. The van der Waals surface area contributed by atoms with E-state index in [4.69, 9.17) is 16.7 Å². The number of hydrogen-bond donors (Lipinski definition) is 3. The lowest BCUT2D eigenvalue weighted by molar-refractivity contribution is -0.383. The Morgan fingerprint density at radius 2 is 1.29 bits per heavy atom. The summed E-state index contributed by atoms with van der Waals surface area (Å²) >= 11 is 0. The minimum absolute atomic E-state index is 0.0828. The van der Waals surface area contributed by atoms with Gasteiger partial charge in [0.15, 0.2) is 0 Å². The molecule has 0 unspecified atom stereocenters. The number of anilines is 3. The third-order valence-corrected chi connectivity index (χ3v) is 4.15. The highest BCUT2D eigenvalue weighted by molar-refractivity contribution is 5.93. The number of aromatic nitrogens is 2. The van der Waals surface area contributed by atoms with Crippen LogP contribution in [0.1, 0.15) is 24.8 Å². The summed E-state index contributed by atoms with van der Waals surface area (Å²) in [4.78, 5) is 32.5. The van der Waals surface area contributed by atoms with Gasteiger partial charge in [-0.25, -0.2) is 0 Å². The Hall–Kier alpha value is -4.86. The number of nitro benzene ring substituents is 1. The van der Waals surface area contributed by atoms with E-state index in [0.29, 0.717) is 17.1 Å². The van der Waals surface area contributed by atoms with Crippen LogP contribution in [-0.2, 0) is 9.59 Å². The fourth-order valence-electron chi connectivity index (χ4n) is 2.74. The second-order valence-electron chi connectivity index (χ2n) is 6.71. The maximum atomic E-state index is 11.2. The summed E-state index contributed by atoms with van der Waals surface area (Å²) < 4.78 is 63.4. The van der Waals surface area contributed by atoms with Crippen LogP contribution < -0.4 is 16.4 Å². The van der Waals surface area contributed by atoms with Crippen LogP contribution in [0.25, 0.3) is 11.4 Å². The second kappa shape index (κ2) is 10.6. The maximum absolute atomic E-state index is 11.2. The number of amides is 2. The normalized spacial score (nSPS) is 13.4. The van der Waals surface area contributed by atoms with E-state index >= 15 is 0 Å². The van der Waals surface area contributed by atoms with E-state index < -0.39 is 22.9 Å². The van der Waals surface area contributed by atoms with Gasteiger partial charge in [0.05, 0.1) is 27.3 Å². The van der Waals surface area contributed by atoms with Crippen molar-refractivity contribution in [2.75, 3.05) is 16.4 Å². The summed E-state index contributed by atoms with van der Waals surface area (Å²) in [7, 11) is 0. The summed E-state index contributed by atoms with van der Waals surface area (Å²) in [5.41, 5.74) is 6.61. The molecular weight excluding hydrogens is 436 g/mol. The molecular formula is C24H24N6O4. The largest absolute Gasteiger partial charge is 0.397 e. The first-order valence-electron chi connectivity index (χ1n) is 13.6. The molecule has 0 aliphatic carbocycles. The van der Waals surface area contributed by atoms with E-state index in [1.165, 1.54) is 38.1 Å². The Kier molecular flexibility index (Phi) is 4.71. The number of benzene rings is 2. The second-order valence-corrected chi connectivity index (χ2v) is 6.71. The maximum Gasteiger partial charge on any atom is 0.292 e. The van der Waals surface area contributed by atoms with Crippen molar-refractivity contribution in [3.05, 3.63) is 95.4 Å². The van der Waals surface area contributed by atoms with Gasteiger partial charge in [-0.05, 0) is 54.5 Å². The highest BCUT2D eigenvalue weighted by atomic mass is 16.6. The zero-order chi connectivity index (χ0) is 31.6. The molecule has 4 rings (SSSR count). The quantitative estimate of drug-likeness (QED) is 0.227. The van der Waals surface area contributed by atoms with Gasteiger partial charge in [-0.1, -0.05) is 0 Å². The molecule has 0 saturated carbocycles. The van der Waals surface area contributed by atoms with Crippen molar-refractivity contribution >= 4 is 34.6 Å². The predicted octanol–water partition coefficient (Wildman–Crippen LogP) is 4.36. The standard InChI is InChI=1S/C12H11N3O3.C12H13N3O/c1-9(16)13-11-8-10(14-6-2-3-7-14)4-5-12(11)15(17)18;1-9(16)14-12-8-10(4-5-11(12)13)15-6-2-3-7-15/h2-8H,1H3,(H,13,16);2-8H,13H2,1H3,(H,14,16)/i2*2D,3D,6D,7D. The van der Waals surface area contributed by atoms with Crippen molar-refractivity contribution in [1.82, 2.24) is 9.13 Å². The Balaban J connectivity index is 0.000000231. The fraction of sp³-hybridized carbons (Fsp3) is 0.0833. The van der Waals surface area contributed by atoms with E-state index in [1.807, 2.05) is 0 Å². The minimum atomic E-state index is -0.667. The summed E-state index contributed by atoms with van der Waals surface area (Å²) in [6, 6.07) is 6.81. The van der Waals surface area contributed by atoms with Crippen molar-refractivity contribution in [2.45, 2.75) is 13.8 Å². The minimum Gasteiger partial charge on any atom is -0.397 e. The summed E-state index contributed by atoms with van der Waals surface area (Å²) in [5, 5.41) is 15.8. The van der Waals surface area contributed by atoms with Gasteiger partial charge in [-0.15, -0.1) is 0 Å². The molecule has 2 aromatic heterocycles. The van der Waals surface area contributed by atoms with E-state index in [9.17, 15) is 19.7 Å². The molecule has 10 nitrogen and oxygen atoms in total. The number of nitrogens with zero attached hydrogens (tertiary/aromatic N) is 3. The van der Waals surface area contributed by atoms with E-state index in [1.54, 1.807) is 6.07 Å². The van der Waals surface area contributed by atoms with Crippen molar-refractivity contribution in [2.24, 2.45) is 0 Å². The number of hydrogen-bond acceptors (Lipinski definition) is 5. The third kappa shape index (κ3) is 6.10. The van der Waals surface area contributed by atoms with Crippen molar-refractivity contribution in [1.29, 1.82) is 0 Å². The highest BCUT2D eigenvalue weighted by Crippen LogP contribution is 2.27. The van der Waals surface area contributed by atoms with Gasteiger partial charge in [0, 0.05) is 56.0 Å². The van der Waals surface area contributed by atoms with Crippen molar-refractivity contribution in [3.63, 3.8) is 0 Å². The smallest absolute Gasteiger partial charge is 0.292 e. The number of carbonyl (C=O) groups excluding carboxylic acids is 2. The Morgan fingerprint density at radius 3 is 1.76 bits per heavy atom. The Bertz CT molecular complexity index is 1690. The van der Waals surface area contributed by atoms with Gasteiger partial charge in [0.2, 0.25) is 11.8 Å². The number of nitro groups is 1. The molecule has 0 saturated heterocycles. The van der Waals surface area contributed by atoms with Crippen LogP contribution in [0, 0.1) is 10.1 Å². The number of nitrogens with two attached hydrogens (primary N) is 1. The molecule has 4 N–H and O–H groups in total. The zero-order valence-electron chi connectivity index (χ0n) is 26.0. The lowest BCUT2D eigenvalue weighted by Gasteiger charge is -2.09. The summed E-state index contributed by atoms with van der Waals surface area (Å²) in [6.45, 7) is 2.54. The Labute approximate surface area is 207 Å². The van der Waals surface area contributed by atoms with Crippen LogP contribution in [0.4, 0.5) is 22.7 Å². The molecule has 10 heteroatoms. The predicted molar refractivity (Wildman–Crippen MR) is 131 cm³/mol. The molecule has 4 aromatic rings. The highest BCUT2D eigenvalue weighted by Gasteiger charge is 2.15. The molecule has 0 spiro atoms. The molecule has 34 heavy (non-hydrogen) atoms. The molecule has 0 fully saturated rings. The van der Waals surface area contributed by atoms with Gasteiger partial charge in [-0.3, -0.25) is 19.7 Å². The van der Waals surface area contributed by atoms with Crippen molar-refractivity contribution < 1.29 is 25.5 Å². The monoisotopic (exact) mass is 468 g/mol. The molecule has 0 aliphatic rings. The number of nitrogen functional groups attached to an aromatic ring is 1. The summed E-state index contributed by atoms with van der Waals surface area (Å²) in [6.07, 6.45) is -1.26. The van der Waals surface area contributed by atoms with Gasteiger partial charge in [-0.2, -0.15) is 0 Å². The van der Waals surface area contributed by atoms with Gasteiger partial charge >= 0.3 is 0 Å². The van der Waals surface area contributed by atoms with Crippen LogP contribution in [0.2, 0.25) is 0 Å². The number of carbonyl (C=O) groups is 2. The van der Waals surface area contributed by atoms with Crippen LogP contribution in [0.3, 0.4) is 0 Å². The average molecular weight is 469 g/mol. The average Bonchev–Trinajstić information content (AvgIpc) is 3.22. The first kappa shape index (κ1) is 15.1. The van der Waals surface area contributed by atoms with Gasteiger partial charge in [0.1, 0.15) is 5.69 Å². The Morgan fingerprint density at radius 1 is 0.853 bits per heavy atom. The molecule has 174 valence electrons. The SMILES string of the molecule is [2H]c1c([2H])c([2H])n(-c2ccc(N)c(NC(C)=O)c2)c1[2H].[2H]c1c([2H])c([2H])n(-c2ccc([N+](=O)[O-])c(NC(C)=O)c2)c1[2H]. The zero-order valence-corrected chi connectivity index (χ0v) is 18.0. The van der Waals surface area contributed by atoms with Crippen LogP contribution in [0.5, 0.6) is 0 Å². The van der Waals surface area contributed by atoms with E-state index in [0.717, 1.165) is 15.2 Å². The van der Waals surface area contributed by atoms with Crippen LogP contribution in [-0.4, -0.2) is 25.9 Å². The number of rotatable bonds is 5. The lowest BCUT2D eigenvalue weighted by Crippen LogP contribution is -2.08. The van der Waals surface area contributed by atoms with Gasteiger partial charge < -0.3 is 25.5 Å². The van der Waals surface area contributed by atoms with Crippen LogP contribution in [0.15, 0.2) is 85.3 Å². The van der Waals surface area contributed by atoms with E-state index in [-0.39, 0.29) is 59.7 Å². The lowest BCUT2D eigenvalue weighted by atomic mass is 10.2. The molecule has 2 heterocycles. The van der Waals surface area contributed by atoms with E-state index in [2.05, 4.69) is 10.6 Å². The first-order chi connectivity index (χ1) is 19.6. The van der Waals surface area contributed by atoms with Crippen LogP contribution >= 0.6 is 0 Å². The first-order valence-corrected chi connectivity index (χ1v) is 9.60. The van der Waals surface area contributed by atoms with Crippen molar-refractivity contribution in [3.8, 4) is 11.4 Å². The summed E-state index contributed by atoms with van der Waals surface area (Å²) in [5.74, 6) is -0.798. The molecule has 2 aromatic carbocycles. The number of nitrogens with one attached hydrogen (secondary N) is 2. The molecule has 0 bridgehead atoms. The molecule has 2 amide bonds. The topological polar surface area (TPSA) is 137 Å². The third-order valence-electron chi connectivity index (χ3n) is 4.15. The molecule has 0 aliphatic heterocycles.